The fourth-order valence-electron chi connectivity index (χ4n) is 3.98. The maximum atomic E-state index is 13.6. The molecule has 2 N–H and O–H groups in total. The molecule has 2 heterocycles. The third-order valence-corrected chi connectivity index (χ3v) is 7.40. The number of thiol groups is 1. The smallest absolute Gasteiger partial charge is 0.445 e. The molecule has 0 spiro atoms. The van der Waals surface area contributed by atoms with Crippen molar-refractivity contribution in [1.82, 2.24) is 18.7 Å². The Morgan fingerprint density at radius 1 is 1.08 bits per heavy atom. The number of benzene rings is 2. The van der Waals surface area contributed by atoms with Crippen molar-refractivity contribution in [2.24, 2.45) is 7.05 Å². The second kappa shape index (κ2) is 11.1. The van der Waals surface area contributed by atoms with Crippen molar-refractivity contribution in [2.75, 3.05) is 6.61 Å². The number of aryl methyl sites for hydroxylation is 1. The van der Waals surface area contributed by atoms with Crippen LogP contribution in [0.5, 0.6) is 5.75 Å². The molecule has 38 heavy (non-hydrogen) atoms. The molecule has 2 aromatic heterocycles. The minimum Gasteiger partial charge on any atom is -0.445 e. The van der Waals surface area contributed by atoms with Gasteiger partial charge in [0.2, 0.25) is 0 Å². The topological polar surface area (TPSA) is 111 Å². The van der Waals surface area contributed by atoms with Gasteiger partial charge in [-0.3, -0.25) is 18.5 Å². The van der Waals surface area contributed by atoms with E-state index in [1.165, 1.54) is 28.3 Å². The molecule has 0 aliphatic carbocycles. The van der Waals surface area contributed by atoms with Gasteiger partial charge in [0.15, 0.2) is 11.2 Å². The van der Waals surface area contributed by atoms with Crippen LogP contribution in [-0.2, 0) is 40.9 Å². The number of alkyl halides is 3. The summed E-state index contributed by atoms with van der Waals surface area (Å²) in [4.78, 5) is 30.7. The Bertz CT molecular complexity index is 1610. The maximum absolute atomic E-state index is 13.6. The van der Waals surface area contributed by atoms with Gasteiger partial charge in [-0.25, -0.2) is 4.79 Å². The third kappa shape index (κ3) is 6.00. The minimum absolute atomic E-state index is 0.0115. The van der Waals surface area contributed by atoms with E-state index in [2.05, 4.69) is 9.72 Å². The van der Waals surface area contributed by atoms with Crippen LogP contribution in [0.2, 0.25) is 5.02 Å². The van der Waals surface area contributed by atoms with Gasteiger partial charge in [-0.2, -0.15) is 4.98 Å². The van der Waals surface area contributed by atoms with Crippen LogP contribution in [0.15, 0.2) is 63.3 Å². The number of rotatable bonds is 9. The number of halogens is 4. The second-order valence-corrected chi connectivity index (χ2v) is 10.3. The Morgan fingerprint density at radius 3 is 2.45 bits per heavy atom. The highest BCUT2D eigenvalue weighted by Gasteiger charge is 2.32. The van der Waals surface area contributed by atoms with E-state index in [4.69, 9.17) is 16.7 Å². The Morgan fingerprint density at radius 2 is 1.79 bits per heavy atom. The second-order valence-electron chi connectivity index (χ2n) is 8.43. The van der Waals surface area contributed by atoms with Gasteiger partial charge >= 0.3 is 17.2 Å². The van der Waals surface area contributed by atoms with Crippen molar-refractivity contribution in [2.45, 2.75) is 36.8 Å². The molecule has 9 nitrogen and oxygen atoms in total. The van der Waals surface area contributed by atoms with Gasteiger partial charge in [0.1, 0.15) is 28.9 Å². The molecule has 0 fully saturated rings. The zero-order chi connectivity index (χ0) is 27.6. The molecule has 4 rings (SSSR count). The summed E-state index contributed by atoms with van der Waals surface area (Å²) < 4.78 is 59.1. The summed E-state index contributed by atoms with van der Waals surface area (Å²) in [6.07, 6.45) is -4.60. The lowest BCUT2D eigenvalue weighted by Crippen LogP contribution is -2.40. The first-order chi connectivity index (χ1) is 18.0. The number of imidazole rings is 1. The Labute approximate surface area is 221 Å². The molecular formula is C24H24ClF3N4O5S+2. The molecule has 202 valence electrons. The lowest BCUT2D eigenvalue weighted by atomic mass is 10.2. The highest BCUT2D eigenvalue weighted by molar-refractivity contribution is 7.84. The highest BCUT2D eigenvalue weighted by Crippen LogP contribution is 2.25. The van der Waals surface area contributed by atoms with E-state index in [0.717, 1.165) is 16.7 Å². The van der Waals surface area contributed by atoms with Crippen LogP contribution >= 0.6 is 11.6 Å². The minimum atomic E-state index is -4.88. The van der Waals surface area contributed by atoms with E-state index in [-0.39, 0.29) is 48.2 Å². The summed E-state index contributed by atoms with van der Waals surface area (Å²) in [6.45, 7) is 0.129. The van der Waals surface area contributed by atoms with Crippen molar-refractivity contribution in [3.63, 3.8) is 0 Å². The monoisotopic (exact) mass is 572 g/mol. The largest absolute Gasteiger partial charge is 0.573 e. The predicted molar refractivity (Wildman–Crippen MR) is 137 cm³/mol. The standard InChI is InChI=1S/C24H22ClF3N4O5S/c1-30-20-19(21(34)31(23(30)35)10-3-11-33)32(13-15-6-8-17(25)9-7-15)22(29-20)38(36)14-16-4-2-5-18(12-16)37-24(26,27)28/h2,4-9,12,33H,3,10-11,13-14H2,1H3/p+2. The van der Waals surface area contributed by atoms with Crippen molar-refractivity contribution in [3.05, 3.63) is 85.5 Å². The Balaban J connectivity index is 1.83. The summed E-state index contributed by atoms with van der Waals surface area (Å²) in [6, 6.07) is 11.9. The zero-order valence-electron chi connectivity index (χ0n) is 20.0. The molecule has 0 aliphatic heterocycles. The molecule has 0 bridgehead atoms. The molecule has 0 saturated carbocycles. The van der Waals surface area contributed by atoms with Gasteiger partial charge in [0.25, 0.3) is 5.56 Å². The number of hydrogen-bond acceptors (Lipinski definition) is 5. The van der Waals surface area contributed by atoms with E-state index >= 15 is 0 Å². The van der Waals surface area contributed by atoms with Gasteiger partial charge < -0.3 is 9.84 Å². The predicted octanol–water partition coefficient (Wildman–Crippen LogP) is 2.87. The van der Waals surface area contributed by atoms with Crippen molar-refractivity contribution < 1.29 is 27.2 Å². The van der Waals surface area contributed by atoms with E-state index < -0.39 is 34.2 Å². The molecular weight excluding hydrogens is 549 g/mol. The highest BCUT2D eigenvalue weighted by atomic mass is 35.5. The third-order valence-electron chi connectivity index (χ3n) is 5.71. The molecule has 0 radical (unpaired) electrons. The van der Waals surface area contributed by atoms with Gasteiger partial charge in [-0.1, -0.05) is 40.1 Å². The van der Waals surface area contributed by atoms with Crippen molar-refractivity contribution in [3.8, 4) is 5.75 Å². The van der Waals surface area contributed by atoms with Crippen molar-refractivity contribution >= 4 is 33.6 Å². The molecule has 1 atom stereocenters. The van der Waals surface area contributed by atoms with Crippen LogP contribution < -0.4 is 16.0 Å². The quantitative estimate of drug-likeness (QED) is 0.226. The van der Waals surface area contributed by atoms with E-state index in [9.17, 15) is 27.0 Å². The van der Waals surface area contributed by atoms with Crippen LogP contribution in [0.3, 0.4) is 0 Å². The van der Waals surface area contributed by atoms with Gasteiger partial charge in [-0.05, 0) is 29.8 Å². The average Bonchev–Trinajstić information content (AvgIpc) is 3.23. The van der Waals surface area contributed by atoms with E-state index in [0.29, 0.717) is 16.1 Å². The SMILES string of the molecule is Cn1c(=O)n(CCC[OH2+])c(=O)c2c1nc([SH+](=O)Cc1cccc(OC(F)(F)F)c1)n2Cc1ccc(Cl)cc1. The molecule has 0 aliphatic rings. The van der Waals surface area contributed by atoms with Crippen LogP contribution in [0.25, 0.3) is 11.2 Å². The fourth-order valence-corrected chi connectivity index (χ4v) is 5.43. The fraction of sp³-hybridized carbons (Fsp3) is 0.292. The normalized spacial score (nSPS) is 12.7. The van der Waals surface area contributed by atoms with Gasteiger partial charge in [0, 0.05) is 30.6 Å². The summed E-state index contributed by atoms with van der Waals surface area (Å²) in [5.74, 6) is -0.636. The first-order valence-electron chi connectivity index (χ1n) is 11.4. The van der Waals surface area contributed by atoms with Crippen LogP contribution in [0.4, 0.5) is 13.2 Å². The molecule has 1 unspecified atom stereocenters. The van der Waals surface area contributed by atoms with Crippen LogP contribution in [0.1, 0.15) is 17.5 Å². The molecule has 14 heteroatoms. The Kier molecular flexibility index (Phi) is 8.09. The van der Waals surface area contributed by atoms with Crippen LogP contribution in [-0.4, -0.2) is 36.8 Å². The first kappa shape index (κ1) is 27.6. The summed E-state index contributed by atoms with van der Waals surface area (Å²) in [5, 5.41) is 7.89. The van der Waals surface area contributed by atoms with Gasteiger partial charge in [0.05, 0.1) is 6.54 Å². The number of fused-ring (bicyclic) bond motifs is 1. The lowest BCUT2D eigenvalue weighted by molar-refractivity contribution is -0.274. The summed E-state index contributed by atoms with van der Waals surface area (Å²) in [5.41, 5.74) is -0.146. The summed E-state index contributed by atoms with van der Waals surface area (Å²) in [7, 11) is -0.937. The van der Waals surface area contributed by atoms with E-state index in [1.807, 2.05) is 0 Å². The maximum Gasteiger partial charge on any atom is 0.573 e. The molecule has 0 amide bonds. The van der Waals surface area contributed by atoms with Gasteiger partial charge in [-0.15, -0.1) is 13.2 Å². The van der Waals surface area contributed by atoms with Crippen molar-refractivity contribution in [1.29, 1.82) is 0 Å². The molecule has 0 saturated heterocycles. The number of nitrogens with zero attached hydrogens (tertiary/aromatic N) is 4. The first-order valence-corrected chi connectivity index (χ1v) is 13.2. The van der Waals surface area contributed by atoms with E-state index in [1.54, 1.807) is 24.3 Å². The average molecular weight is 573 g/mol. The van der Waals surface area contributed by atoms with Crippen LogP contribution in [0, 0.1) is 0 Å². The summed E-state index contributed by atoms with van der Waals surface area (Å²) >= 11 is 5.99. The lowest BCUT2D eigenvalue weighted by Gasteiger charge is -2.10. The number of aromatic nitrogens is 4. The molecule has 2 aromatic carbocycles. The zero-order valence-corrected chi connectivity index (χ0v) is 21.7. The molecule has 4 aromatic rings. The Hall–Kier alpha value is -3.42. The number of hydrogen-bond donors (Lipinski definition) is 0. The number of ether oxygens (including phenoxy) is 1.